The lowest BCUT2D eigenvalue weighted by atomic mass is 9.95. The molecule has 2 unspecified atom stereocenters. The van der Waals surface area contributed by atoms with Crippen molar-refractivity contribution in [1.29, 1.82) is 0 Å². The van der Waals surface area contributed by atoms with Gasteiger partial charge in [-0.3, -0.25) is 24.6 Å². The molecule has 1 aliphatic carbocycles. The number of aromatic hydroxyl groups is 1. The molecule has 0 radical (unpaired) electrons. The first-order valence-corrected chi connectivity index (χ1v) is 19.7. The van der Waals surface area contributed by atoms with Crippen LogP contribution in [0.15, 0.2) is 60.1 Å². The van der Waals surface area contributed by atoms with Gasteiger partial charge in [0.15, 0.2) is 11.5 Å². The molecule has 6 N–H and O–H groups in total. The van der Waals surface area contributed by atoms with Crippen LogP contribution in [0.4, 0.5) is 5.69 Å². The maximum absolute atomic E-state index is 13.1. The van der Waals surface area contributed by atoms with E-state index < -0.39 is 6.04 Å². The van der Waals surface area contributed by atoms with E-state index in [-0.39, 0.29) is 24.1 Å². The van der Waals surface area contributed by atoms with Gasteiger partial charge in [0.2, 0.25) is 11.8 Å². The molecular formula is C40H50N9O4+. The average Bonchev–Trinajstić information content (AvgIpc) is 3.44. The molecule has 13 heteroatoms. The van der Waals surface area contributed by atoms with Crippen molar-refractivity contribution in [1.82, 2.24) is 35.7 Å². The number of phenols is 1. The second-order valence-electron chi connectivity index (χ2n) is 16.5. The summed E-state index contributed by atoms with van der Waals surface area (Å²) in [5.41, 5.74) is 11.3. The number of anilines is 1. The Balaban J connectivity index is 0.677. The Kier molecular flexibility index (Phi) is 8.14. The van der Waals surface area contributed by atoms with Gasteiger partial charge in [-0.05, 0) is 78.8 Å². The molecule has 0 aromatic heterocycles. The standard InChI is InChI=1S/C40H49N9O4/c50-36-4-2-1-3-29(36)33-16-35-38(44-43-33)41-17-27-20-45(13-14-48(27)35)21-30-31-22-46(23-32(30)31)18-24-9-11-47(12-10-24)26-5-6-28-25(15-26)19-49(40(28)53)34-7-8-37(51)42-39(34)52/h1-6,15-16,24,27,30-32,34,41,43-44,50H,7-14,17-23H2,(H,42,51,52)/p+1/t27-,30?,31-,32+,34?/m0/s1. The molecule has 2 aromatic carbocycles. The molecule has 7 heterocycles. The molecule has 278 valence electrons. The number of phenolic OH excluding ortho intramolecular Hbond substituents is 1. The number of nitrogens with one attached hydrogen (secondary N) is 3. The zero-order chi connectivity index (χ0) is 35.8. The van der Waals surface area contributed by atoms with Crippen molar-refractivity contribution in [3.05, 3.63) is 76.7 Å². The highest BCUT2D eigenvalue weighted by molar-refractivity contribution is 6.05. The first-order valence-electron chi connectivity index (χ1n) is 19.7. The van der Waals surface area contributed by atoms with Crippen molar-refractivity contribution >= 4 is 29.1 Å². The van der Waals surface area contributed by atoms with Crippen molar-refractivity contribution in [3.63, 3.8) is 0 Å². The summed E-state index contributed by atoms with van der Waals surface area (Å²) in [6.45, 7) is 11.5. The van der Waals surface area contributed by atoms with Crippen LogP contribution in [0.1, 0.15) is 47.2 Å². The molecule has 5 fully saturated rings. The summed E-state index contributed by atoms with van der Waals surface area (Å²) in [5.74, 6) is 3.90. The number of piperazine rings is 1. The van der Waals surface area contributed by atoms with Crippen LogP contribution in [0, 0.1) is 23.7 Å². The highest BCUT2D eigenvalue weighted by Gasteiger charge is 2.56. The number of piperidine rings is 3. The lowest BCUT2D eigenvalue weighted by molar-refractivity contribution is -0.620. The Hall–Kier alpha value is -4.59. The Labute approximate surface area is 310 Å². The van der Waals surface area contributed by atoms with E-state index in [4.69, 9.17) is 0 Å². The van der Waals surface area contributed by atoms with Crippen LogP contribution in [0.3, 0.4) is 0 Å². The summed E-state index contributed by atoms with van der Waals surface area (Å²) in [6.07, 6.45) is 5.24. The van der Waals surface area contributed by atoms with Crippen LogP contribution in [0.5, 0.6) is 5.75 Å². The third-order valence-corrected chi connectivity index (χ3v) is 13.4. The maximum Gasteiger partial charge on any atom is 0.255 e. The number of benzene rings is 2. The summed E-state index contributed by atoms with van der Waals surface area (Å²) >= 11 is 0. The first kappa shape index (κ1) is 33.0. The summed E-state index contributed by atoms with van der Waals surface area (Å²) < 4.78 is 0. The number of fused-ring (bicyclic) bond motifs is 4. The molecule has 53 heavy (non-hydrogen) atoms. The minimum atomic E-state index is -0.575. The van der Waals surface area contributed by atoms with Crippen molar-refractivity contribution in [3.8, 4) is 5.75 Å². The molecule has 2 aromatic rings. The van der Waals surface area contributed by atoms with Crippen LogP contribution in [0.25, 0.3) is 5.70 Å². The second kappa shape index (κ2) is 13.1. The number of hydrogen-bond acceptors (Lipinski definition) is 10. The van der Waals surface area contributed by atoms with E-state index in [1.165, 1.54) is 44.7 Å². The zero-order valence-corrected chi connectivity index (χ0v) is 30.2. The third-order valence-electron chi connectivity index (χ3n) is 13.4. The molecular weight excluding hydrogens is 670 g/mol. The monoisotopic (exact) mass is 720 g/mol. The van der Waals surface area contributed by atoms with Gasteiger partial charge in [0.1, 0.15) is 11.8 Å². The van der Waals surface area contributed by atoms with Gasteiger partial charge in [-0.15, -0.1) is 0 Å². The molecule has 8 aliphatic rings. The lowest BCUT2D eigenvalue weighted by Crippen LogP contribution is -2.92. The Morgan fingerprint density at radius 3 is 2.49 bits per heavy atom. The molecule has 3 amide bonds. The predicted molar refractivity (Wildman–Crippen MR) is 197 cm³/mol. The summed E-state index contributed by atoms with van der Waals surface area (Å²) in [6, 6.07) is 13.5. The Morgan fingerprint density at radius 2 is 1.68 bits per heavy atom. The number of carbonyl (C=O) groups excluding carboxylic acids is 3. The molecule has 0 bridgehead atoms. The molecule has 1 saturated carbocycles. The van der Waals surface area contributed by atoms with Gasteiger partial charge in [0.05, 0.1) is 17.3 Å². The average molecular weight is 721 g/mol. The zero-order valence-electron chi connectivity index (χ0n) is 30.2. The van der Waals surface area contributed by atoms with Crippen LogP contribution >= 0.6 is 0 Å². The van der Waals surface area contributed by atoms with E-state index in [9.17, 15) is 19.5 Å². The number of para-hydroxylation sites is 1. The number of nitrogens with two attached hydrogens (primary N) is 1. The predicted octanol–water partition coefficient (Wildman–Crippen LogP) is 0.429. The fraction of sp³-hybridized carbons (Fsp3) is 0.525. The van der Waals surface area contributed by atoms with Crippen molar-refractivity contribution in [2.24, 2.45) is 23.7 Å². The van der Waals surface area contributed by atoms with E-state index in [0.717, 1.165) is 91.3 Å². The summed E-state index contributed by atoms with van der Waals surface area (Å²) in [4.78, 5) is 49.3. The second-order valence-corrected chi connectivity index (χ2v) is 16.5. The van der Waals surface area contributed by atoms with Crippen LogP contribution in [-0.4, -0.2) is 120 Å². The van der Waals surface area contributed by atoms with Gasteiger partial charge in [0.25, 0.3) is 5.91 Å². The smallest absolute Gasteiger partial charge is 0.255 e. The van der Waals surface area contributed by atoms with E-state index in [0.29, 0.717) is 30.3 Å². The van der Waals surface area contributed by atoms with Crippen molar-refractivity contribution < 1.29 is 24.9 Å². The van der Waals surface area contributed by atoms with Gasteiger partial charge < -0.3 is 30.0 Å². The lowest BCUT2D eigenvalue weighted by Gasteiger charge is -2.47. The third kappa shape index (κ3) is 6.02. The molecule has 7 aliphatic heterocycles. The highest BCUT2D eigenvalue weighted by Crippen LogP contribution is 2.52. The largest absolute Gasteiger partial charge is 0.507 e. The van der Waals surface area contributed by atoms with E-state index >= 15 is 0 Å². The van der Waals surface area contributed by atoms with E-state index in [2.05, 4.69) is 53.9 Å². The van der Waals surface area contributed by atoms with Crippen LogP contribution in [0.2, 0.25) is 0 Å². The topological polar surface area (TPSA) is 140 Å². The quantitative estimate of drug-likeness (QED) is 0.202. The summed E-state index contributed by atoms with van der Waals surface area (Å²) in [5, 5.41) is 16.5. The maximum atomic E-state index is 13.1. The van der Waals surface area contributed by atoms with Gasteiger partial charge in [0, 0.05) is 95.7 Å². The highest BCUT2D eigenvalue weighted by atomic mass is 16.3. The number of carbonyl (C=O) groups is 3. The fourth-order valence-electron chi connectivity index (χ4n) is 10.5. The van der Waals surface area contributed by atoms with Gasteiger partial charge in [-0.2, -0.15) is 0 Å². The summed E-state index contributed by atoms with van der Waals surface area (Å²) in [7, 11) is 0. The first-order chi connectivity index (χ1) is 25.9. The van der Waals surface area contributed by atoms with Crippen LogP contribution in [-0.2, 0) is 16.1 Å². The number of rotatable bonds is 7. The molecule has 10 rings (SSSR count). The molecule has 5 atom stereocenters. The van der Waals surface area contributed by atoms with Gasteiger partial charge >= 0.3 is 0 Å². The number of allylic oxidation sites excluding steroid dienone is 1. The fourth-order valence-corrected chi connectivity index (χ4v) is 10.5. The minimum absolute atomic E-state index is 0.110. The normalized spacial score (nSPS) is 30.3. The molecule has 4 saturated heterocycles. The molecule has 13 nitrogen and oxygen atoms in total. The van der Waals surface area contributed by atoms with E-state index in [1.54, 1.807) is 11.0 Å². The minimum Gasteiger partial charge on any atom is -0.507 e. The number of quaternary nitrogens is 1. The Morgan fingerprint density at radius 1 is 0.849 bits per heavy atom. The van der Waals surface area contributed by atoms with Crippen LogP contribution < -0.4 is 26.4 Å². The van der Waals surface area contributed by atoms with Gasteiger partial charge in [-0.1, -0.05) is 12.1 Å². The SMILES string of the molecule is O=C1CCC(N2Cc3cc(N4CCC(CN5C[C@@H]6C(CN7CCN8C9=C(NC[C@H]8C7)N[NH2+]C(c7ccccc7O)=C9)[C@@H]6C5)CC4)ccc3C2=O)C(=O)N1. The molecule has 0 spiro atoms. The van der Waals surface area contributed by atoms with Crippen molar-refractivity contribution in [2.75, 3.05) is 70.3 Å². The van der Waals surface area contributed by atoms with Gasteiger partial charge in [-0.25, -0.2) is 10.9 Å². The number of amides is 3. The number of nitrogens with zero attached hydrogens (tertiary/aromatic N) is 5. The van der Waals surface area contributed by atoms with Crippen molar-refractivity contribution in [2.45, 2.75) is 44.3 Å². The Bertz CT molecular complexity index is 1890. The number of imide groups is 1. The number of hydrogen-bond donors (Lipinski definition) is 5. The van der Waals surface area contributed by atoms with E-state index in [1.807, 2.05) is 29.7 Å². The number of likely N-dealkylation sites (tertiary alicyclic amines) is 1.